The minimum atomic E-state index is -0.300. The third-order valence-corrected chi connectivity index (χ3v) is 2.77. The first-order valence-electron chi connectivity index (χ1n) is 6.41. The number of fused-ring (bicyclic) bond motifs is 1. The predicted molar refractivity (Wildman–Crippen MR) is 76.5 cm³/mol. The summed E-state index contributed by atoms with van der Waals surface area (Å²) in [6, 6.07) is 9.72. The molecule has 0 radical (unpaired) electrons. The maximum absolute atomic E-state index is 13.0. The standard InChI is InChI=1S/C16H12FN3O/c1-12-10-15-18-16(7-8-20(15)19-12)21-9-3-5-13-4-2-6-14(17)11-13/h2,4,6-8,10-11H,9H2,1H3. The van der Waals surface area contributed by atoms with Gasteiger partial charge in [0.1, 0.15) is 5.82 Å². The van der Waals surface area contributed by atoms with Crippen LogP contribution < -0.4 is 4.74 Å². The van der Waals surface area contributed by atoms with Crippen molar-refractivity contribution in [3.05, 3.63) is 59.7 Å². The van der Waals surface area contributed by atoms with Crippen LogP contribution in [0.15, 0.2) is 42.6 Å². The number of nitrogens with zero attached hydrogens (tertiary/aromatic N) is 3. The summed E-state index contributed by atoms with van der Waals surface area (Å²) >= 11 is 0. The van der Waals surface area contributed by atoms with Gasteiger partial charge in [-0.25, -0.2) is 8.91 Å². The number of aryl methyl sites for hydroxylation is 1. The molecule has 104 valence electrons. The van der Waals surface area contributed by atoms with Crippen molar-refractivity contribution in [2.75, 3.05) is 6.61 Å². The van der Waals surface area contributed by atoms with Crippen molar-refractivity contribution < 1.29 is 9.13 Å². The van der Waals surface area contributed by atoms with Crippen molar-refractivity contribution in [1.82, 2.24) is 14.6 Å². The van der Waals surface area contributed by atoms with E-state index in [4.69, 9.17) is 4.74 Å². The lowest BCUT2D eigenvalue weighted by Crippen LogP contribution is -1.98. The summed E-state index contributed by atoms with van der Waals surface area (Å²) in [5.74, 6) is 5.85. The van der Waals surface area contributed by atoms with E-state index in [-0.39, 0.29) is 12.4 Å². The third kappa shape index (κ3) is 3.18. The Bertz CT molecular complexity index is 845. The highest BCUT2D eigenvalue weighted by atomic mass is 19.1. The van der Waals surface area contributed by atoms with Gasteiger partial charge in [-0.05, 0) is 25.1 Å². The summed E-state index contributed by atoms with van der Waals surface area (Å²) < 4.78 is 20.1. The van der Waals surface area contributed by atoms with E-state index in [1.807, 2.05) is 13.0 Å². The molecule has 2 heterocycles. The van der Waals surface area contributed by atoms with Crippen molar-refractivity contribution in [3.63, 3.8) is 0 Å². The smallest absolute Gasteiger partial charge is 0.217 e. The minimum Gasteiger partial charge on any atom is -0.464 e. The van der Waals surface area contributed by atoms with Gasteiger partial charge in [0.25, 0.3) is 0 Å². The Hall–Kier alpha value is -2.87. The van der Waals surface area contributed by atoms with Crippen LogP contribution in [-0.2, 0) is 0 Å². The van der Waals surface area contributed by atoms with E-state index in [0.29, 0.717) is 11.4 Å². The first-order chi connectivity index (χ1) is 10.2. The van der Waals surface area contributed by atoms with Crippen molar-refractivity contribution in [2.45, 2.75) is 6.92 Å². The first-order valence-corrected chi connectivity index (χ1v) is 6.41. The number of halogens is 1. The number of hydrogen-bond acceptors (Lipinski definition) is 3. The van der Waals surface area contributed by atoms with Crippen molar-refractivity contribution in [1.29, 1.82) is 0 Å². The number of hydrogen-bond donors (Lipinski definition) is 0. The average molecular weight is 281 g/mol. The minimum absolute atomic E-state index is 0.187. The second kappa shape index (κ2) is 5.63. The Morgan fingerprint density at radius 3 is 3.05 bits per heavy atom. The van der Waals surface area contributed by atoms with E-state index in [9.17, 15) is 4.39 Å². The Labute approximate surface area is 121 Å². The molecule has 0 saturated carbocycles. The van der Waals surface area contributed by atoms with Crippen LogP contribution in [0.4, 0.5) is 4.39 Å². The van der Waals surface area contributed by atoms with Crippen LogP contribution >= 0.6 is 0 Å². The summed E-state index contributed by atoms with van der Waals surface area (Å²) in [6.45, 7) is 2.09. The Kier molecular flexibility index (Phi) is 3.52. The molecule has 0 unspecified atom stereocenters. The SMILES string of the molecule is Cc1cc2nc(OCC#Cc3cccc(F)c3)ccn2n1. The van der Waals surface area contributed by atoms with Crippen molar-refractivity contribution in [3.8, 4) is 17.7 Å². The maximum Gasteiger partial charge on any atom is 0.217 e. The van der Waals surface area contributed by atoms with E-state index in [0.717, 1.165) is 11.3 Å². The Morgan fingerprint density at radius 1 is 1.29 bits per heavy atom. The molecule has 3 aromatic rings. The van der Waals surface area contributed by atoms with Crippen LogP contribution in [0.3, 0.4) is 0 Å². The van der Waals surface area contributed by atoms with Crippen LogP contribution in [0.25, 0.3) is 5.65 Å². The molecular weight excluding hydrogens is 269 g/mol. The van der Waals surface area contributed by atoms with Crippen molar-refractivity contribution >= 4 is 5.65 Å². The van der Waals surface area contributed by atoms with E-state index in [1.165, 1.54) is 12.1 Å². The highest BCUT2D eigenvalue weighted by molar-refractivity contribution is 5.40. The number of aromatic nitrogens is 3. The van der Waals surface area contributed by atoms with Crippen LogP contribution in [0.2, 0.25) is 0 Å². The fraction of sp³-hybridized carbons (Fsp3) is 0.125. The molecule has 3 rings (SSSR count). The van der Waals surface area contributed by atoms with Gasteiger partial charge in [0.15, 0.2) is 12.3 Å². The van der Waals surface area contributed by atoms with E-state index in [1.54, 1.807) is 28.9 Å². The zero-order valence-electron chi connectivity index (χ0n) is 11.4. The number of rotatable bonds is 2. The zero-order valence-corrected chi connectivity index (χ0v) is 11.4. The zero-order chi connectivity index (χ0) is 14.7. The molecule has 0 N–H and O–H groups in total. The molecule has 0 saturated heterocycles. The van der Waals surface area contributed by atoms with Gasteiger partial charge in [0.2, 0.25) is 5.88 Å². The van der Waals surface area contributed by atoms with Gasteiger partial charge >= 0.3 is 0 Å². The molecule has 4 nitrogen and oxygen atoms in total. The average Bonchev–Trinajstić information content (AvgIpc) is 2.83. The first kappa shape index (κ1) is 13.1. The normalized spacial score (nSPS) is 10.2. The van der Waals surface area contributed by atoms with Gasteiger partial charge in [-0.15, -0.1) is 0 Å². The summed E-state index contributed by atoms with van der Waals surface area (Å²) in [6.07, 6.45) is 1.78. The fourth-order valence-corrected chi connectivity index (χ4v) is 1.88. The summed E-state index contributed by atoms with van der Waals surface area (Å²) in [5, 5.41) is 4.23. The molecule has 0 atom stereocenters. The van der Waals surface area contributed by atoms with Crippen molar-refractivity contribution in [2.24, 2.45) is 0 Å². The van der Waals surface area contributed by atoms with Gasteiger partial charge in [-0.3, -0.25) is 0 Å². The molecule has 0 aliphatic heterocycles. The van der Waals surface area contributed by atoms with Gasteiger partial charge in [-0.2, -0.15) is 10.1 Å². The molecule has 5 heteroatoms. The number of benzene rings is 1. The molecule has 0 amide bonds. The summed E-state index contributed by atoms with van der Waals surface area (Å²) in [4.78, 5) is 4.31. The Morgan fingerprint density at radius 2 is 2.19 bits per heavy atom. The summed E-state index contributed by atoms with van der Waals surface area (Å²) in [7, 11) is 0. The largest absolute Gasteiger partial charge is 0.464 e. The summed E-state index contributed by atoms with van der Waals surface area (Å²) in [5.41, 5.74) is 2.24. The van der Waals surface area contributed by atoms with Gasteiger partial charge in [-0.1, -0.05) is 17.9 Å². The van der Waals surface area contributed by atoms with E-state index < -0.39 is 0 Å². The quantitative estimate of drug-likeness (QED) is 0.678. The second-order valence-corrected chi connectivity index (χ2v) is 4.46. The lowest BCUT2D eigenvalue weighted by molar-refractivity contribution is 0.355. The highest BCUT2D eigenvalue weighted by Gasteiger charge is 2.00. The van der Waals surface area contributed by atoms with Gasteiger partial charge in [0, 0.05) is 23.9 Å². The second-order valence-electron chi connectivity index (χ2n) is 4.46. The Balaban J connectivity index is 1.67. The lowest BCUT2D eigenvalue weighted by atomic mass is 10.2. The topological polar surface area (TPSA) is 39.4 Å². The molecule has 2 aromatic heterocycles. The van der Waals surface area contributed by atoms with E-state index >= 15 is 0 Å². The predicted octanol–water partition coefficient (Wildman–Crippen LogP) is 2.61. The third-order valence-electron chi connectivity index (χ3n) is 2.77. The molecule has 1 aromatic carbocycles. The van der Waals surface area contributed by atoms with Crippen LogP contribution in [0.5, 0.6) is 5.88 Å². The molecule has 0 fully saturated rings. The molecule has 0 aliphatic rings. The van der Waals surface area contributed by atoms with Crippen LogP contribution in [0, 0.1) is 24.6 Å². The van der Waals surface area contributed by atoms with Gasteiger partial charge in [0.05, 0.1) is 5.69 Å². The molecule has 0 spiro atoms. The lowest BCUT2D eigenvalue weighted by Gasteiger charge is -2.00. The molecule has 0 aliphatic carbocycles. The highest BCUT2D eigenvalue weighted by Crippen LogP contribution is 2.09. The van der Waals surface area contributed by atoms with Gasteiger partial charge < -0.3 is 4.74 Å². The van der Waals surface area contributed by atoms with Crippen LogP contribution in [0.1, 0.15) is 11.3 Å². The maximum atomic E-state index is 13.0. The van der Waals surface area contributed by atoms with E-state index in [2.05, 4.69) is 21.9 Å². The molecule has 21 heavy (non-hydrogen) atoms. The molecular formula is C16H12FN3O. The van der Waals surface area contributed by atoms with Crippen LogP contribution in [-0.4, -0.2) is 21.2 Å². The fourth-order valence-electron chi connectivity index (χ4n) is 1.88. The number of ether oxygens (including phenoxy) is 1. The monoisotopic (exact) mass is 281 g/mol. The molecule has 0 bridgehead atoms.